The Balaban J connectivity index is 2.29. The standard InChI is InChI=1S/C13H16N4O2S2/c1-4-6-20-7-5-17-12-11(9(2)15-16(12)3)14-13(17)21-8-10(18)19/h1H,5-8H2,2-3H3,(H,18,19). The fourth-order valence-electron chi connectivity index (χ4n) is 2.04. The monoisotopic (exact) mass is 324 g/mol. The van der Waals surface area contributed by atoms with Crippen molar-refractivity contribution < 1.29 is 9.90 Å². The number of terminal acetylenes is 1. The zero-order valence-corrected chi connectivity index (χ0v) is 13.5. The Morgan fingerprint density at radius 3 is 2.95 bits per heavy atom. The summed E-state index contributed by atoms with van der Waals surface area (Å²) in [5.74, 6) is 3.25. The molecule has 0 aliphatic heterocycles. The molecule has 21 heavy (non-hydrogen) atoms. The molecule has 2 rings (SSSR count). The van der Waals surface area contributed by atoms with Crippen molar-refractivity contribution in [1.82, 2.24) is 19.3 Å². The van der Waals surface area contributed by atoms with E-state index in [0.29, 0.717) is 10.9 Å². The van der Waals surface area contributed by atoms with Gasteiger partial charge in [-0.25, -0.2) is 4.98 Å². The predicted octanol–water partition coefficient (Wildman–Crippen LogP) is 1.62. The molecule has 6 nitrogen and oxygen atoms in total. The van der Waals surface area contributed by atoms with Crippen LogP contribution in [0.4, 0.5) is 0 Å². The zero-order chi connectivity index (χ0) is 15.4. The smallest absolute Gasteiger partial charge is 0.313 e. The molecule has 2 heterocycles. The van der Waals surface area contributed by atoms with Crippen molar-refractivity contribution in [2.75, 3.05) is 17.3 Å². The number of nitrogens with zero attached hydrogens (tertiary/aromatic N) is 4. The van der Waals surface area contributed by atoms with Gasteiger partial charge in [0.05, 0.1) is 17.2 Å². The third-order valence-electron chi connectivity index (χ3n) is 2.82. The fraction of sp³-hybridized carbons (Fsp3) is 0.462. The summed E-state index contributed by atoms with van der Waals surface area (Å²) in [6.07, 6.45) is 5.24. The van der Waals surface area contributed by atoms with E-state index >= 15 is 0 Å². The van der Waals surface area contributed by atoms with Crippen molar-refractivity contribution in [3.8, 4) is 12.3 Å². The minimum absolute atomic E-state index is 0.00665. The van der Waals surface area contributed by atoms with Gasteiger partial charge in [-0.3, -0.25) is 9.48 Å². The average Bonchev–Trinajstić information content (AvgIpc) is 2.92. The van der Waals surface area contributed by atoms with E-state index in [1.807, 2.05) is 18.5 Å². The van der Waals surface area contributed by atoms with Crippen LogP contribution in [0, 0.1) is 19.3 Å². The third kappa shape index (κ3) is 3.54. The van der Waals surface area contributed by atoms with Crippen molar-refractivity contribution in [2.45, 2.75) is 18.6 Å². The SMILES string of the molecule is C#CCSCCn1c(SCC(=O)O)nc2c(C)nn(C)c21. The van der Waals surface area contributed by atoms with Crippen LogP contribution in [0.3, 0.4) is 0 Å². The maximum atomic E-state index is 10.8. The molecule has 0 bridgehead atoms. The van der Waals surface area contributed by atoms with E-state index in [1.54, 1.807) is 16.4 Å². The third-order valence-corrected chi connectivity index (χ3v) is 4.63. The lowest BCUT2D eigenvalue weighted by molar-refractivity contribution is -0.133. The number of thioether (sulfide) groups is 2. The Morgan fingerprint density at radius 1 is 1.52 bits per heavy atom. The maximum Gasteiger partial charge on any atom is 0.313 e. The molecule has 1 N–H and O–H groups in total. The molecule has 0 saturated carbocycles. The largest absolute Gasteiger partial charge is 0.481 e. The van der Waals surface area contributed by atoms with Crippen LogP contribution < -0.4 is 0 Å². The molecule has 0 saturated heterocycles. The average molecular weight is 324 g/mol. The summed E-state index contributed by atoms with van der Waals surface area (Å²) in [7, 11) is 1.87. The number of fused-ring (bicyclic) bond motifs is 1. The summed E-state index contributed by atoms with van der Waals surface area (Å²) < 4.78 is 3.81. The summed E-state index contributed by atoms with van der Waals surface area (Å²) >= 11 is 2.89. The molecular formula is C13H16N4O2S2. The zero-order valence-electron chi connectivity index (χ0n) is 11.9. The second kappa shape index (κ2) is 6.91. The van der Waals surface area contributed by atoms with Crippen molar-refractivity contribution in [1.29, 1.82) is 0 Å². The molecule has 112 valence electrons. The number of rotatable bonds is 7. The van der Waals surface area contributed by atoms with Gasteiger partial charge in [0.15, 0.2) is 10.8 Å². The predicted molar refractivity (Wildman–Crippen MR) is 85.8 cm³/mol. The Morgan fingerprint density at radius 2 is 2.29 bits per heavy atom. The number of carboxylic acids is 1. The molecule has 2 aromatic heterocycles. The first-order chi connectivity index (χ1) is 10.0. The van der Waals surface area contributed by atoms with Gasteiger partial charge < -0.3 is 9.67 Å². The lowest BCUT2D eigenvalue weighted by atomic mass is 10.4. The molecule has 0 radical (unpaired) electrons. The number of aryl methyl sites for hydroxylation is 3. The Bertz CT molecular complexity index is 699. The molecule has 0 unspecified atom stereocenters. The number of carbonyl (C=O) groups is 1. The molecule has 0 amide bonds. The van der Waals surface area contributed by atoms with Crippen LogP contribution in [-0.4, -0.2) is 47.7 Å². The van der Waals surface area contributed by atoms with Crippen LogP contribution in [-0.2, 0) is 18.4 Å². The van der Waals surface area contributed by atoms with Gasteiger partial charge in [-0.2, -0.15) is 5.10 Å². The summed E-state index contributed by atoms with van der Waals surface area (Å²) in [5, 5.41) is 13.9. The normalized spacial score (nSPS) is 10.9. The highest BCUT2D eigenvalue weighted by Crippen LogP contribution is 2.26. The molecule has 0 fully saturated rings. The maximum absolute atomic E-state index is 10.8. The van der Waals surface area contributed by atoms with Crippen molar-refractivity contribution >= 4 is 40.7 Å². The number of carboxylic acid groups (broad SMARTS) is 1. The molecular weight excluding hydrogens is 308 g/mol. The second-order valence-electron chi connectivity index (χ2n) is 4.37. The molecule has 0 aromatic carbocycles. The minimum atomic E-state index is -0.852. The highest BCUT2D eigenvalue weighted by atomic mass is 32.2. The highest BCUT2D eigenvalue weighted by Gasteiger charge is 2.18. The van der Waals surface area contributed by atoms with Crippen molar-refractivity contribution in [2.24, 2.45) is 7.05 Å². The molecule has 0 aliphatic carbocycles. The van der Waals surface area contributed by atoms with E-state index in [0.717, 1.165) is 29.2 Å². The Hall–Kier alpha value is -1.59. The first kappa shape index (κ1) is 15.8. The van der Waals surface area contributed by atoms with E-state index < -0.39 is 5.97 Å². The fourth-order valence-corrected chi connectivity index (χ4v) is 3.36. The van der Waals surface area contributed by atoms with E-state index in [9.17, 15) is 4.79 Å². The van der Waals surface area contributed by atoms with E-state index in [1.165, 1.54) is 11.8 Å². The molecule has 8 heteroatoms. The van der Waals surface area contributed by atoms with Gasteiger partial charge in [0.2, 0.25) is 0 Å². The molecule has 2 aromatic rings. The summed E-state index contributed by atoms with van der Waals surface area (Å²) in [5.41, 5.74) is 2.59. The van der Waals surface area contributed by atoms with Gasteiger partial charge in [-0.1, -0.05) is 17.7 Å². The van der Waals surface area contributed by atoms with Crippen LogP contribution >= 0.6 is 23.5 Å². The molecule has 0 spiro atoms. The number of aliphatic carboxylic acids is 1. The Labute approximate surface area is 131 Å². The summed E-state index contributed by atoms with van der Waals surface area (Å²) in [4.78, 5) is 15.3. The number of hydrogen-bond donors (Lipinski definition) is 1. The van der Waals surface area contributed by atoms with E-state index in [2.05, 4.69) is 16.0 Å². The van der Waals surface area contributed by atoms with Gasteiger partial charge in [0, 0.05) is 19.3 Å². The van der Waals surface area contributed by atoms with Crippen LogP contribution in [0.15, 0.2) is 5.16 Å². The van der Waals surface area contributed by atoms with Crippen LogP contribution in [0.25, 0.3) is 11.2 Å². The van der Waals surface area contributed by atoms with Crippen LogP contribution in [0.1, 0.15) is 5.69 Å². The molecule has 0 aliphatic rings. The molecule has 0 atom stereocenters. The summed E-state index contributed by atoms with van der Waals surface area (Å²) in [6, 6.07) is 0. The van der Waals surface area contributed by atoms with E-state index in [4.69, 9.17) is 11.5 Å². The van der Waals surface area contributed by atoms with E-state index in [-0.39, 0.29) is 5.75 Å². The van der Waals surface area contributed by atoms with Gasteiger partial charge in [0.1, 0.15) is 5.52 Å². The highest BCUT2D eigenvalue weighted by molar-refractivity contribution is 8.00. The van der Waals surface area contributed by atoms with Crippen molar-refractivity contribution in [3.05, 3.63) is 5.69 Å². The summed E-state index contributed by atoms with van der Waals surface area (Å²) in [6.45, 7) is 2.63. The second-order valence-corrected chi connectivity index (χ2v) is 6.41. The van der Waals surface area contributed by atoms with Crippen molar-refractivity contribution in [3.63, 3.8) is 0 Å². The first-order valence-corrected chi connectivity index (χ1v) is 8.44. The van der Waals surface area contributed by atoms with Gasteiger partial charge >= 0.3 is 5.97 Å². The lowest BCUT2D eigenvalue weighted by Crippen LogP contribution is -2.08. The van der Waals surface area contributed by atoms with Gasteiger partial charge in [0.25, 0.3) is 0 Å². The number of aromatic nitrogens is 4. The minimum Gasteiger partial charge on any atom is -0.481 e. The Kier molecular flexibility index (Phi) is 5.20. The van der Waals surface area contributed by atoms with Gasteiger partial charge in [-0.05, 0) is 6.92 Å². The quantitative estimate of drug-likeness (QED) is 0.474. The topological polar surface area (TPSA) is 72.9 Å². The number of hydrogen-bond acceptors (Lipinski definition) is 5. The van der Waals surface area contributed by atoms with Crippen LogP contribution in [0.5, 0.6) is 0 Å². The number of imidazole rings is 1. The van der Waals surface area contributed by atoms with Gasteiger partial charge in [-0.15, -0.1) is 18.2 Å². The first-order valence-electron chi connectivity index (χ1n) is 6.30. The lowest BCUT2D eigenvalue weighted by Gasteiger charge is -2.08. The van der Waals surface area contributed by atoms with Crippen LogP contribution in [0.2, 0.25) is 0 Å².